The van der Waals surface area contributed by atoms with E-state index in [-0.39, 0.29) is 47.6 Å². The fraction of sp³-hybridized carbons (Fsp3) is 0.903. The fourth-order valence-corrected chi connectivity index (χ4v) is 15.1. The summed E-state index contributed by atoms with van der Waals surface area (Å²) in [7, 11) is 0. The molecular weight excluding hydrogens is 1440 g/mol. The molecule has 1 fully saturated rings. The Kier molecular flexibility index (Phi) is 74.5. The molecule has 1 saturated carbocycles. The lowest BCUT2D eigenvalue weighted by molar-refractivity contribution is -0.144. The summed E-state index contributed by atoms with van der Waals surface area (Å²) in [6.07, 6.45) is 50.1. The average Bonchev–Trinajstić information content (AvgIpc) is 0.820. The lowest BCUT2D eigenvalue weighted by atomic mass is 9.74. The molecule has 0 heterocycles. The number of unbranched alkanes of at least 4 members (excludes halogenated alkanes) is 33. The highest BCUT2D eigenvalue weighted by molar-refractivity contribution is 5.85. The fourth-order valence-electron chi connectivity index (χ4n) is 15.1. The first-order valence-electron chi connectivity index (χ1n) is 47.6. The van der Waals surface area contributed by atoms with Gasteiger partial charge in [-0.3, -0.25) is 43.2 Å². The minimum atomic E-state index is -0.589. The number of hydrogen-bond donors (Lipinski definition) is 2. The number of amides is 3. The van der Waals surface area contributed by atoms with Crippen molar-refractivity contribution in [2.45, 2.75) is 408 Å². The minimum absolute atomic E-state index is 0.00186. The van der Waals surface area contributed by atoms with Crippen LogP contribution in [0, 0.1) is 17.8 Å². The van der Waals surface area contributed by atoms with Crippen LogP contribution in [0.2, 0.25) is 0 Å². The molecule has 1 aliphatic carbocycles. The highest BCUT2D eigenvalue weighted by atomic mass is 16.6. The number of ether oxygens (including phenoxy) is 6. The van der Waals surface area contributed by atoms with E-state index in [1.54, 1.807) is 0 Å². The van der Waals surface area contributed by atoms with E-state index >= 15 is 4.79 Å². The summed E-state index contributed by atoms with van der Waals surface area (Å²) in [5.74, 6) is -2.97. The SMILES string of the molecule is CCCCCCOC(=O)CCCCN(CCCCCCNC(=O)C1CC(C(N)=O)CC(C(=O)N(CCCCCCN(CCCCC(=O)OCCCCCC)CCCCC(=O)OCCCCCC)CCCCCCN(CCCCC(=O)OCCCCCC)CCCCC(=O)OCCCCCC)C1)CCCCC(=O)OCCCCCC. The summed E-state index contributed by atoms with van der Waals surface area (Å²) in [5, 5.41) is 3.19. The van der Waals surface area contributed by atoms with Crippen LogP contribution in [-0.2, 0) is 71.6 Å². The summed E-state index contributed by atoms with van der Waals surface area (Å²) in [5.41, 5.74) is 6.08. The molecule has 0 aromatic heterocycles. The Hall–Kier alpha value is -4.89. The molecule has 0 spiro atoms. The van der Waals surface area contributed by atoms with E-state index in [1.165, 1.54) is 0 Å². The van der Waals surface area contributed by atoms with E-state index in [1.807, 2.05) is 4.90 Å². The van der Waals surface area contributed by atoms with Gasteiger partial charge in [0.1, 0.15) is 0 Å². The van der Waals surface area contributed by atoms with Gasteiger partial charge in [0.25, 0.3) is 0 Å². The lowest BCUT2D eigenvalue weighted by Crippen LogP contribution is -2.45. The Labute approximate surface area is 695 Å². The Morgan fingerprint density at radius 1 is 0.254 bits per heavy atom. The Balaban J connectivity index is 3.19. The van der Waals surface area contributed by atoms with Crippen LogP contribution in [-0.4, -0.2) is 191 Å². The molecular formula is C93H174N6O15. The van der Waals surface area contributed by atoms with Gasteiger partial charge < -0.3 is 59.1 Å². The molecule has 0 bridgehead atoms. The van der Waals surface area contributed by atoms with Gasteiger partial charge in [0, 0.05) is 75.9 Å². The zero-order valence-electron chi connectivity index (χ0n) is 74.3. The van der Waals surface area contributed by atoms with Crippen LogP contribution >= 0.6 is 0 Å². The van der Waals surface area contributed by atoms with E-state index in [2.05, 4.69) is 61.6 Å². The predicted molar refractivity (Wildman–Crippen MR) is 462 cm³/mol. The van der Waals surface area contributed by atoms with Gasteiger partial charge in [0.15, 0.2) is 0 Å². The van der Waals surface area contributed by atoms with E-state index in [0.717, 1.165) is 367 Å². The van der Waals surface area contributed by atoms with Gasteiger partial charge in [-0.15, -0.1) is 0 Å². The highest BCUT2D eigenvalue weighted by Crippen LogP contribution is 2.35. The van der Waals surface area contributed by atoms with Crippen molar-refractivity contribution in [1.29, 1.82) is 0 Å². The van der Waals surface area contributed by atoms with Gasteiger partial charge in [-0.1, -0.05) is 196 Å². The lowest BCUT2D eigenvalue weighted by Gasteiger charge is -2.35. The van der Waals surface area contributed by atoms with Crippen molar-refractivity contribution >= 4 is 53.5 Å². The molecule has 3 atom stereocenters. The second-order valence-corrected chi connectivity index (χ2v) is 33.0. The third-order valence-electron chi connectivity index (χ3n) is 22.3. The smallest absolute Gasteiger partial charge is 0.305 e. The molecule has 666 valence electrons. The molecule has 0 aromatic rings. The molecule has 3 amide bonds. The van der Waals surface area contributed by atoms with E-state index in [0.29, 0.717) is 117 Å². The molecule has 0 saturated heterocycles. The number of carbonyl (C=O) groups is 9. The van der Waals surface area contributed by atoms with Crippen LogP contribution in [0.4, 0.5) is 0 Å². The number of carbonyl (C=O) groups excluding carboxylic acids is 9. The number of rotatable bonds is 84. The van der Waals surface area contributed by atoms with Crippen LogP contribution in [0.25, 0.3) is 0 Å². The number of nitrogens with two attached hydrogens (primary N) is 1. The summed E-state index contributed by atoms with van der Waals surface area (Å²) in [6, 6.07) is 0. The summed E-state index contributed by atoms with van der Waals surface area (Å²) < 4.78 is 33.1. The van der Waals surface area contributed by atoms with E-state index in [9.17, 15) is 38.4 Å². The van der Waals surface area contributed by atoms with Crippen molar-refractivity contribution in [2.75, 3.05) is 118 Å². The molecule has 0 aromatic carbocycles. The summed E-state index contributed by atoms with van der Waals surface area (Å²) in [4.78, 5) is 127. The maximum absolute atomic E-state index is 15.1. The summed E-state index contributed by atoms with van der Waals surface area (Å²) in [6.45, 7) is 25.5. The first-order chi connectivity index (χ1) is 55.6. The third-order valence-corrected chi connectivity index (χ3v) is 22.3. The van der Waals surface area contributed by atoms with Crippen molar-refractivity contribution in [2.24, 2.45) is 23.5 Å². The second-order valence-electron chi connectivity index (χ2n) is 33.0. The number of nitrogens with zero attached hydrogens (tertiary/aromatic N) is 4. The molecule has 3 N–H and O–H groups in total. The van der Waals surface area contributed by atoms with Crippen LogP contribution < -0.4 is 11.1 Å². The van der Waals surface area contributed by atoms with Crippen LogP contribution in [0.1, 0.15) is 408 Å². The standard InChI is InChI=1S/C93H174N6O15/c1-7-13-19-49-73-109-85(100)55-31-43-65-96(66-44-32-56-86(101)110-74-50-20-14-8-2)62-38-26-25-37-61-95-92(107)83-79-82(91(94)106)80-84(81-83)93(108)99(71-41-29-27-39-63-97(67-45-33-57-87(102)111-75-51-21-15-9-3)68-46-34-58-88(103)112-76-52-22-16-10-4)72-42-30-28-40-64-98(69-47-35-59-89(104)113-77-53-23-17-11-5)70-48-36-60-90(105)114-78-54-24-18-12-6/h82-84H,7-81H2,1-6H3,(H2,94,106)(H,95,107). The maximum Gasteiger partial charge on any atom is 0.305 e. The number of hydrogen-bond acceptors (Lipinski definition) is 18. The molecule has 0 radical (unpaired) electrons. The quantitative estimate of drug-likeness (QED) is 0.0326. The van der Waals surface area contributed by atoms with Crippen LogP contribution in [0.5, 0.6) is 0 Å². The zero-order chi connectivity index (χ0) is 83.2. The molecule has 21 nitrogen and oxygen atoms in total. The third kappa shape index (κ3) is 66.1. The van der Waals surface area contributed by atoms with Crippen LogP contribution in [0.3, 0.4) is 0 Å². The second kappa shape index (κ2) is 79.2. The monoisotopic (exact) mass is 1620 g/mol. The van der Waals surface area contributed by atoms with E-state index < -0.39 is 23.7 Å². The van der Waals surface area contributed by atoms with Gasteiger partial charge in [-0.2, -0.15) is 0 Å². The minimum Gasteiger partial charge on any atom is -0.466 e. The van der Waals surface area contributed by atoms with Crippen molar-refractivity contribution in [1.82, 2.24) is 24.9 Å². The number of nitrogens with one attached hydrogen (secondary N) is 1. The first-order valence-corrected chi connectivity index (χ1v) is 47.6. The van der Waals surface area contributed by atoms with Gasteiger partial charge >= 0.3 is 35.8 Å². The first kappa shape index (κ1) is 107. The van der Waals surface area contributed by atoms with Gasteiger partial charge in [-0.25, -0.2) is 0 Å². The average molecular weight is 1620 g/mol. The summed E-state index contributed by atoms with van der Waals surface area (Å²) >= 11 is 0. The normalized spacial score (nSPS) is 14.2. The van der Waals surface area contributed by atoms with Crippen molar-refractivity contribution in [3.05, 3.63) is 0 Å². The largest absolute Gasteiger partial charge is 0.466 e. The number of esters is 6. The van der Waals surface area contributed by atoms with Crippen molar-refractivity contribution in [3.63, 3.8) is 0 Å². The van der Waals surface area contributed by atoms with Crippen molar-refractivity contribution < 1.29 is 71.6 Å². The maximum atomic E-state index is 15.1. The highest BCUT2D eigenvalue weighted by Gasteiger charge is 2.40. The van der Waals surface area contributed by atoms with Crippen molar-refractivity contribution in [3.8, 4) is 0 Å². The van der Waals surface area contributed by atoms with Gasteiger partial charge in [0.2, 0.25) is 17.7 Å². The molecule has 21 heteroatoms. The Bertz CT molecular complexity index is 2170. The zero-order valence-corrected chi connectivity index (χ0v) is 74.3. The Morgan fingerprint density at radius 2 is 0.465 bits per heavy atom. The molecule has 1 aliphatic rings. The van der Waals surface area contributed by atoms with Crippen LogP contribution in [0.15, 0.2) is 0 Å². The molecule has 1 rings (SSSR count). The molecule has 0 aliphatic heterocycles. The molecule has 3 unspecified atom stereocenters. The predicted octanol–water partition coefficient (Wildman–Crippen LogP) is 19.8. The van der Waals surface area contributed by atoms with Gasteiger partial charge in [-0.05, 0) is 232 Å². The topological polar surface area (TPSA) is 260 Å². The number of primary amides is 1. The molecule has 114 heavy (non-hydrogen) atoms. The van der Waals surface area contributed by atoms with Gasteiger partial charge in [0.05, 0.1) is 39.6 Å². The van der Waals surface area contributed by atoms with E-state index in [4.69, 9.17) is 34.2 Å². The Morgan fingerprint density at radius 3 is 0.711 bits per heavy atom.